The van der Waals surface area contributed by atoms with Crippen molar-refractivity contribution in [3.05, 3.63) is 42.5 Å². The molecule has 1 aromatic carbocycles. The molecule has 3 nitrogen and oxygen atoms in total. The first kappa shape index (κ1) is 10.5. The maximum Gasteiger partial charge on any atom is 0.330 e. The fraction of sp³-hybridized carbons (Fsp3) is 0.100. The number of hydrogen-bond acceptors (Lipinski definition) is 3. The van der Waals surface area contributed by atoms with Crippen LogP contribution in [0.1, 0.15) is 5.56 Å². The Morgan fingerprint density at radius 3 is 2.93 bits per heavy atom. The molecule has 0 aromatic heterocycles. The number of esters is 1. The van der Waals surface area contributed by atoms with Gasteiger partial charge in [0, 0.05) is 6.08 Å². The van der Waals surface area contributed by atoms with Gasteiger partial charge in [-0.2, -0.15) is 0 Å². The monoisotopic (exact) mass is 189 g/mol. The first-order chi connectivity index (χ1) is 6.77. The van der Waals surface area contributed by atoms with E-state index in [1.165, 1.54) is 0 Å². The van der Waals surface area contributed by atoms with E-state index in [4.69, 9.17) is 9.76 Å². The molecule has 1 aromatic rings. The fourth-order valence-electron chi connectivity index (χ4n) is 0.999. The lowest BCUT2D eigenvalue weighted by Crippen LogP contribution is -2.19. The van der Waals surface area contributed by atoms with Crippen molar-refractivity contribution in [1.82, 2.24) is 0 Å². The van der Waals surface area contributed by atoms with Gasteiger partial charge in [-0.15, -0.1) is 0 Å². The van der Waals surface area contributed by atoms with Gasteiger partial charge in [0.2, 0.25) is 0 Å². The van der Waals surface area contributed by atoms with Crippen molar-refractivity contribution in [2.24, 2.45) is 0 Å². The third kappa shape index (κ3) is 2.74. The molecular weight excluding hydrogens is 179 g/mol. The Bertz CT molecular complexity index is 336. The maximum atomic E-state index is 10.8. The normalized spacial score (nSPS) is 9.21. The number of ether oxygens (including phenoxy) is 1. The van der Waals surface area contributed by atoms with Crippen molar-refractivity contribution in [3.63, 3.8) is 0 Å². The van der Waals surface area contributed by atoms with E-state index in [0.717, 1.165) is 19.1 Å². The standard InChI is InChI=1S/C10H10BO3/c1-2-10(12)14-7-8-5-3-4-6-9(8)11-13/h2-6,13H,1,7H2. The Hall–Kier alpha value is -1.55. The summed E-state index contributed by atoms with van der Waals surface area (Å²) >= 11 is 0. The largest absolute Gasteiger partial charge is 0.458 e. The quantitative estimate of drug-likeness (QED) is 0.416. The van der Waals surface area contributed by atoms with Crippen molar-refractivity contribution < 1.29 is 14.6 Å². The molecule has 0 saturated carbocycles. The van der Waals surface area contributed by atoms with Crippen LogP contribution in [0, 0.1) is 0 Å². The molecule has 0 heterocycles. The Kier molecular flexibility index (Phi) is 3.94. The average molecular weight is 189 g/mol. The highest BCUT2D eigenvalue weighted by Crippen LogP contribution is 1.98. The van der Waals surface area contributed by atoms with Crippen molar-refractivity contribution in [2.45, 2.75) is 6.61 Å². The Balaban J connectivity index is 2.66. The van der Waals surface area contributed by atoms with Crippen molar-refractivity contribution >= 4 is 18.9 Å². The zero-order chi connectivity index (χ0) is 10.4. The van der Waals surface area contributed by atoms with Gasteiger partial charge in [-0.25, -0.2) is 4.79 Å². The van der Waals surface area contributed by atoms with Crippen LogP contribution >= 0.6 is 0 Å². The molecule has 0 aliphatic heterocycles. The van der Waals surface area contributed by atoms with Crippen molar-refractivity contribution in [3.8, 4) is 0 Å². The van der Waals surface area contributed by atoms with Gasteiger partial charge >= 0.3 is 13.5 Å². The molecular formula is C10H10BO3. The van der Waals surface area contributed by atoms with Crippen LogP contribution in [0.25, 0.3) is 0 Å². The van der Waals surface area contributed by atoms with E-state index >= 15 is 0 Å². The van der Waals surface area contributed by atoms with Crippen molar-refractivity contribution in [1.29, 1.82) is 0 Å². The minimum atomic E-state index is -0.474. The van der Waals surface area contributed by atoms with Gasteiger partial charge in [0.1, 0.15) is 6.61 Å². The highest BCUT2D eigenvalue weighted by molar-refractivity contribution is 6.46. The van der Waals surface area contributed by atoms with E-state index in [2.05, 4.69) is 6.58 Å². The van der Waals surface area contributed by atoms with Crippen LogP contribution in [0.3, 0.4) is 0 Å². The van der Waals surface area contributed by atoms with E-state index in [1.807, 2.05) is 6.07 Å². The van der Waals surface area contributed by atoms with Crippen molar-refractivity contribution in [2.75, 3.05) is 0 Å². The predicted octanol–water partition coefficient (Wildman–Crippen LogP) is 0.153. The summed E-state index contributed by atoms with van der Waals surface area (Å²) in [5.74, 6) is -0.474. The molecule has 0 spiro atoms. The molecule has 0 unspecified atom stereocenters. The van der Waals surface area contributed by atoms with Crippen LogP contribution in [0.5, 0.6) is 0 Å². The molecule has 1 rings (SSSR count). The number of rotatable bonds is 4. The van der Waals surface area contributed by atoms with Crippen LogP contribution in [0.4, 0.5) is 0 Å². The predicted molar refractivity (Wildman–Crippen MR) is 54.0 cm³/mol. The molecule has 0 atom stereocenters. The second-order valence-corrected chi connectivity index (χ2v) is 2.64. The Morgan fingerprint density at radius 1 is 1.57 bits per heavy atom. The minimum absolute atomic E-state index is 0.137. The summed E-state index contributed by atoms with van der Waals surface area (Å²) in [5.41, 5.74) is 1.40. The summed E-state index contributed by atoms with van der Waals surface area (Å²) in [6.45, 7) is 3.42. The summed E-state index contributed by atoms with van der Waals surface area (Å²) < 4.78 is 4.83. The van der Waals surface area contributed by atoms with Crippen LogP contribution in [0.15, 0.2) is 36.9 Å². The molecule has 1 N–H and O–H groups in total. The molecule has 0 saturated heterocycles. The van der Waals surface area contributed by atoms with E-state index in [-0.39, 0.29) is 6.61 Å². The summed E-state index contributed by atoms with van der Waals surface area (Å²) in [5, 5.41) is 8.86. The first-order valence-electron chi connectivity index (χ1n) is 4.12. The second-order valence-electron chi connectivity index (χ2n) is 2.64. The zero-order valence-electron chi connectivity index (χ0n) is 7.64. The molecule has 0 aliphatic carbocycles. The van der Waals surface area contributed by atoms with Gasteiger partial charge in [-0.05, 0) is 11.0 Å². The molecule has 0 aliphatic rings. The smallest absolute Gasteiger partial charge is 0.330 e. The topological polar surface area (TPSA) is 46.5 Å². The molecule has 4 heteroatoms. The van der Waals surface area contributed by atoms with Gasteiger partial charge < -0.3 is 9.76 Å². The fourth-order valence-corrected chi connectivity index (χ4v) is 0.999. The number of hydrogen-bond donors (Lipinski definition) is 1. The summed E-state index contributed by atoms with van der Waals surface area (Å²) in [7, 11) is 0.983. The number of carbonyl (C=O) groups excluding carboxylic acids is 1. The van der Waals surface area contributed by atoms with Crippen LogP contribution < -0.4 is 5.46 Å². The Labute approximate surface area is 83.3 Å². The molecule has 0 bridgehead atoms. The molecule has 14 heavy (non-hydrogen) atoms. The molecule has 71 valence electrons. The minimum Gasteiger partial charge on any atom is -0.458 e. The lowest BCUT2D eigenvalue weighted by Gasteiger charge is -2.05. The summed E-state index contributed by atoms with van der Waals surface area (Å²) in [6, 6.07) is 7.11. The van der Waals surface area contributed by atoms with E-state index in [1.54, 1.807) is 18.2 Å². The van der Waals surface area contributed by atoms with Gasteiger partial charge in [-0.1, -0.05) is 30.8 Å². The third-order valence-corrected chi connectivity index (χ3v) is 1.73. The second kappa shape index (κ2) is 5.24. The van der Waals surface area contributed by atoms with E-state index < -0.39 is 5.97 Å². The number of carbonyl (C=O) groups is 1. The molecule has 0 fully saturated rings. The highest BCUT2D eigenvalue weighted by atomic mass is 16.5. The Morgan fingerprint density at radius 2 is 2.29 bits per heavy atom. The van der Waals surface area contributed by atoms with E-state index in [0.29, 0.717) is 5.46 Å². The molecule has 0 amide bonds. The van der Waals surface area contributed by atoms with Crippen LogP contribution in [-0.4, -0.2) is 18.5 Å². The lowest BCUT2D eigenvalue weighted by atomic mass is 9.85. The SMILES string of the molecule is C=CC(=O)OCc1ccccc1[B]O. The van der Waals surface area contributed by atoms with Gasteiger partial charge in [0.05, 0.1) is 0 Å². The number of benzene rings is 1. The first-order valence-corrected chi connectivity index (χ1v) is 4.12. The van der Waals surface area contributed by atoms with E-state index in [9.17, 15) is 4.79 Å². The maximum absolute atomic E-state index is 10.8. The zero-order valence-corrected chi connectivity index (χ0v) is 7.64. The molecule has 1 radical (unpaired) electrons. The van der Waals surface area contributed by atoms with Crippen LogP contribution in [0.2, 0.25) is 0 Å². The summed E-state index contributed by atoms with van der Waals surface area (Å²) in [4.78, 5) is 10.8. The lowest BCUT2D eigenvalue weighted by molar-refractivity contribution is -0.138. The van der Waals surface area contributed by atoms with Crippen LogP contribution in [-0.2, 0) is 16.1 Å². The van der Waals surface area contributed by atoms with Gasteiger partial charge in [0.15, 0.2) is 0 Å². The third-order valence-electron chi connectivity index (χ3n) is 1.73. The summed E-state index contributed by atoms with van der Waals surface area (Å²) in [6.07, 6.45) is 1.10. The van der Waals surface area contributed by atoms with Gasteiger partial charge in [-0.3, -0.25) is 0 Å². The van der Waals surface area contributed by atoms with Gasteiger partial charge in [0.25, 0.3) is 0 Å². The average Bonchev–Trinajstić information content (AvgIpc) is 2.26. The highest BCUT2D eigenvalue weighted by Gasteiger charge is 2.03.